The lowest BCUT2D eigenvalue weighted by atomic mass is 9.60. The molecule has 2 aliphatic carbocycles. The minimum Gasteiger partial charge on any atom is -0.333 e. The molecule has 4 heteroatoms. The van der Waals surface area contributed by atoms with Gasteiger partial charge in [-0.3, -0.25) is 9.59 Å². The van der Waals surface area contributed by atoms with Gasteiger partial charge in [-0.25, -0.2) is 0 Å². The molecule has 0 radical (unpaired) electrons. The average molecular weight is 342 g/mol. The number of rotatable bonds is 4. The molecule has 2 amide bonds. The highest BCUT2D eigenvalue weighted by atomic mass is 16.2. The van der Waals surface area contributed by atoms with Gasteiger partial charge in [-0.2, -0.15) is 0 Å². The van der Waals surface area contributed by atoms with E-state index in [0.29, 0.717) is 11.8 Å². The Hall–Kier alpha value is -1.84. The average Bonchev–Trinajstić information content (AvgIpc) is 2.92. The SMILES string of the molecule is CC(=O)NC1(NC(C)=O)[C@@H](Cc2ccccc2)[C@H]2C[C@H]1[C@H](C)C2(C)C. The van der Waals surface area contributed by atoms with E-state index in [1.165, 1.54) is 5.56 Å². The van der Waals surface area contributed by atoms with Crippen LogP contribution in [0.2, 0.25) is 0 Å². The quantitative estimate of drug-likeness (QED) is 0.826. The van der Waals surface area contributed by atoms with Gasteiger partial charge in [0.25, 0.3) is 0 Å². The Morgan fingerprint density at radius 2 is 1.60 bits per heavy atom. The molecule has 1 aromatic rings. The lowest BCUT2D eigenvalue weighted by Crippen LogP contribution is -2.70. The van der Waals surface area contributed by atoms with E-state index in [4.69, 9.17) is 0 Å². The highest BCUT2D eigenvalue weighted by Crippen LogP contribution is 2.65. The maximum Gasteiger partial charge on any atom is 0.218 e. The zero-order chi connectivity index (χ0) is 18.4. The van der Waals surface area contributed by atoms with Crippen molar-refractivity contribution < 1.29 is 9.59 Å². The summed E-state index contributed by atoms with van der Waals surface area (Å²) in [7, 11) is 0. The topological polar surface area (TPSA) is 58.2 Å². The minimum absolute atomic E-state index is 0.0793. The Bertz CT molecular complexity index is 652. The van der Waals surface area contributed by atoms with Crippen LogP contribution in [0, 0.1) is 29.1 Å². The van der Waals surface area contributed by atoms with Crippen molar-refractivity contribution in [3.05, 3.63) is 35.9 Å². The van der Waals surface area contributed by atoms with Crippen molar-refractivity contribution in [3.8, 4) is 0 Å². The highest BCUT2D eigenvalue weighted by molar-refractivity contribution is 5.78. The van der Waals surface area contributed by atoms with Crippen LogP contribution in [0.1, 0.15) is 46.6 Å². The molecule has 2 bridgehead atoms. The predicted molar refractivity (Wildman–Crippen MR) is 98.5 cm³/mol. The molecule has 0 unspecified atom stereocenters. The zero-order valence-electron chi connectivity index (χ0n) is 15.9. The molecule has 4 atom stereocenters. The standard InChI is InChI=1S/C21H30N2O2/c1-13-17-12-18(20(13,4)5)19(11-16-9-7-6-8-10-16)21(17,22-14(2)24)23-15(3)25/h6-10,13,17-19H,11-12H2,1-5H3,(H,22,24)(H,23,25)/t13-,17-,18+,19-/m0/s1. The zero-order valence-corrected chi connectivity index (χ0v) is 15.9. The van der Waals surface area contributed by atoms with Gasteiger partial charge in [0.1, 0.15) is 5.66 Å². The van der Waals surface area contributed by atoms with E-state index < -0.39 is 5.66 Å². The summed E-state index contributed by atoms with van der Waals surface area (Å²) in [4.78, 5) is 24.1. The van der Waals surface area contributed by atoms with Gasteiger partial charge in [-0.1, -0.05) is 51.1 Å². The van der Waals surface area contributed by atoms with Crippen LogP contribution in [0.5, 0.6) is 0 Å². The number of benzene rings is 1. The maximum absolute atomic E-state index is 12.1. The fourth-order valence-corrected chi connectivity index (χ4v) is 5.65. The third-order valence-electron chi connectivity index (χ3n) is 6.96. The van der Waals surface area contributed by atoms with Crippen molar-refractivity contribution in [1.82, 2.24) is 10.6 Å². The summed E-state index contributed by atoms with van der Waals surface area (Å²) in [5, 5.41) is 6.37. The summed E-state index contributed by atoms with van der Waals surface area (Å²) < 4.78 is 0. The second-order valence-electron chi connectivity index (χ2n) is 8.59. The van der Waals surface area contributed by atoms with E-state index in [9.17, 15) is 9.59 Å². The molecule has 1 aromatic carbocycles. The van der Waals surface area contributed by atoms with Crippen LogP contribution in [0.25, 0.3) is 0 Å². The fourth-order valence-electron chi connectivity index (χ4n) is 5.65. The van der Waals surface area contributed by atoms with Crippen LogP contribution in [0.15, 0.2) is 30.3 Å². The molecule has 0 aromatic heterocycles. The lowest BCUT2D eigenvalue weighted by Gasteiger charge is -2.53. The molecular weight excluding hydrogens is 312 g/mol. The van der Waals surface area contributed by atoms with Crippen molar-refractivity contribution in [2.45, 2.75) is 53.1 Å². The summed E-state index contributed by atoms with van der Waals surface area (Å²) >= 11 is 0. The fraction of sp³-hybridized carbons (Fsp3) is 0.619. The second-order valence-corrected chi connectivity index (χ2v) is 8.59. The summed E-state index contributed by atoms with van der Waals surface area (Å²) in [5.41, 5.74) is 0.807. The van der Waals surface area contributed by atoms with Gasteiger partial charge < -0.3 is 10.6 Å². The van der Waals surface area contributed by atoms with Crippen molar-refractivity contribution in [1.29, 1.82) is 0 Å². The first kappa shape index (κ1) is 18.0. The summed E-state index contributed by atoms with van der Waals surface area (Å²) in [6.07, 6.45) is 1.91. The maximum atomic E-state index is 12.1. The second kappa shape index (κ2) is 6.15. The van der Waals surface area contributed by atoms with E-state index >= 15 is 0 Å². The van der Waals surface area contributed by atoms with Gasteiger partial charge in [0, 0.05) is 25.7 Å². The van der Waals surface area contributed by atoms with Crippen LogP contribution >= 0.6 is 0 Å². The number of carbonyl (C=O) groups excluding carboxylic acids is 2. The number of fused-ring (bicyclic) bond motifs is 2. The highest BCUT2D eigenvalue weighted by Gasteiger charge is 2.67. The largest absolute Gasteiger partial charge is 0.333 e. The van der Waals surface area contributed by atoms with Gasteiger partial charge in [-0.05, 0) is 35.7 Å². The smallest absolute Gasteiger partial charge is 0.218 e. The lowest BCUT2D eigenvalue weighted by molar-refractivity contribution is -0.131. The molecule has 0 aliphatic heterocycles. The summed E-state index contributed by atoms with van der Waals surface area (Å²) in [6.45, 7) is 10.0. The van der Waals surface area contributed by atoms with Crippen molar-refractivity contribution in [2.24, 2.45) is 29.1 Å². The Morgan fingerprint density at radius 1 is 1.04 bits per heavy atom. The van der Waals surface area contributed by atoms with E-state index in [2.05, 4.69) is 55.7 Å². The van der Waals surface area contributed by atoms with Crippen molar-refractivity contribution in [3.63, 3.8) is 0 Å². The number of carbonyl (C=O) groups is 2. The number of nitrogens with one attached hydrogen (secondary N) is 2. The van der Waals surface area contributed by atoms with Gasteiger partial charge in [0.2, 0.25) is 11.8 Å². The van der Waals surface area contributed by atoms with Crippen molar-refractivity contribution in [2.75, 3.05) is 0 Å². The molecule has 4 nitrogen and oxygen atoms in total. The first-order chi connectivity index (χ1) is 11.7. The first-order valence-corrected chi connectivity index (χ1v) is 9.30. The van der Waals surface area contributed by atoms with Gasteiger partial charge in [0.15, 0.2) is 0 Å². The molecule has 2 fully saturated rings. The minimum atomic E-state index is -0.646. The first-order valence-electron chi connectivity index (χ1n) is 9.30. The normalized spacial score (nSPS) is 31.6. The third-order valence-corrected chi connectivity index (χ3v) is 6.96. The van der Waals surface area contributed by atoms with Crippen molar-refractivity contribution >= 4 is 11.8 Å². The molecule has 3 rings (SSSR count). The van der Waals surface area contributed by atoms with Crippen LogP contribution in [-0.4, -0.2) is 17.5 Å². The van der Waals surface area contributed by atoms with Crippen LogP contribution < -0.4 is 10.6 Å². The molecule has 0 saturated heterocycles. The van der Waals surface area contributed by atoms with Gasteiger partial charge in [-0.15, -0.1) is 0 Å². The summed E-state index contributed by atoms with van der Waals surface area (Å²) in [5.74, 6) is 1.19. The predicted octanol–water partition coefficient (Wildman–Crippen LogP) is 3.13. The Balaban J connectivity index is 2.05. The Kier molecular flexibility index (Phi) is 4.42. The third kappa shape index (κ3) is 2.86. The monoisotopic (exact) mass is 342 g/mol. The van der Waals surface area contributed by atoms with Crippen LogP contribution in [-0.2, 0) is 16.0 Å². The molecule has 2 N–H and O–H groups in total. The van der Waals surface area contributed by atoms with Crippen LogP contribution in [0.3, 0.4) is 0 Å². The Morgan fingerprint density at radius 3 is 2.12 bits per heavy atom. The molecule has 136 valence electrons. The van der Waals surface area contributed by atoms with E-state index in [-0.39, 0.29) is 29.1 Å². The van der Waals surface area contributed by atoms with E-state index in [1.54, 1.807) is 13.8 Å². The van der Waals surface area contributed by atoms with E-state index in [0.717, 1.165) is 12.8 Å². The Labute approximate surface area is 150 Å². The number of hydrogen-bond donors (Lipinski definition) is 2. The van der Waals surface area contributed by atoms with Gasteiger partial charge in [0.05, 0.1) is 0 Å². The molecule has 25 heavy (non-hydrogen) atoms. The van der Waals surface area contributed by atoms with E-state index in [1.807, 2.05) is 6.07 Å². The van der Waals surface area contributed by atoms with Gasteiger partial charge >= 0.3 is 0 Å². The molecule has 2 aliphatic rings. The molecule has 0 heterocycles. The molecule has 0 spiro atoms. The molecule has 2 saturated carbocycles. The summed E-state index contributed by atoms with van der Waals surface area (Å²) in [6, 6.07) is 10.4. The number of amides is 2. The molecular formula is C21H30N2O2. The van der Waals surface area contributed by atoms with Crippen LogP contribution in [0.4, 0.5) is 0 Å². The number of hydrogen-bond acceptors (Lipinski definition) is 2.